The van der Waals surface area contributed by atoms with Crippen LogP contribution in [0.2, 0.25) is 0 Å². The van der Waals surface area contributed by atoms with Gasteiger partial charge in [0.15, 0.2) is 5.78 Å². The predicted molar refractivity (Wildman–Crippen MR) is 72.4 cm³/mol. The van der Waals surface area contributed by atoms with Crippen molar-refractivity contribution < 1.29 is 19.1 Å². The summed E-state index contributed by atoms with van der Waals surface area (Å²) < 4.78 is 5.22. The van der Waals surface area contributed by atoms with Gasteiger partial charge < -0.3 is 10.1 Å². The van der Waals surface area contributed by atoms with E-state index < -0.39 is 11.7 Å². The second-order valence-corrected chi connectivity index (χ2v) is 4.53. The van der Waals surface area contributed by atoms with Gasteiger partial charge in [-0.15, -0.1) is 0 Å². The highest BCUT2D eigenvalue weighted by atomic mass is 16.5. The van der Waals surface area contributed by atoms with Crippen molar-refractivity contribution in [2.24, 2.45) is 0 Å². The zero-order chi connectivity index (χ0) is 14.5. The van der Waals surface area contributed by atoms with Crippen molar-refractivity contribution in [1.82, 2.24) is 5.32 Å². The van der Waals surface area contributed by atoms with Crippen molar-refractivity contribution in [2.75, 3.05) is 18.5 Å². The summed E-state index contributed by atoms with van der Waals surface area (Å²) in [6.45, 7) is 2.70. The first kappa shape index (κ1) is 14.4. The van der Waals surface area contributed by atoms with E-state index >= 15 is 0 Å². The number of hydrogen-bond donors (Lipinski definition) is 2. The molecule has 0 spiro atoms. The number of ether oxygens (including phenoxy) is 1. The number of Topliss-reactive ketones (excluding diaryl/α,β-unsaturated/α-hetero) is 2. The van der Waals surface area contributed by atoms with Crippen molar-refractivity contribution in [2.45, 2.75) is 19.6 Å². The molecule has 0 saturated carbocycles. The van der Waals surface area contributed by atoms with E-state index in [0.717, 1.165) is 0 Å². The number of rotatable bonds is 5. The minimum Gasteiger partial charge on any atom is -0.362 e. The van der Waals surface area contributed by atoms with Crippen LogP contribution in [0.3, 0.4) is 0 Å². The number of ketones is 2. The number of amides is 1. The van der Waals surface area contributed by atoms with Gasteiger partial charge in [0.05, 0.1) is 13.0 Å². The quantitative estimate of drug-likeness (QED) is 0.612. The summed E-state index contributed by atoms with van der Waals surface area (Å²) in [7, 11) is 0. The average Bonchev–Trinajstić information content (AvgIpc) is 2.92. The molecular formula is C14H16N2O4. The number of hydrogen-bond acceptors (Lipinski definition) is 5. The van der Waals surface area contributed by atoms with Crippen LogP contribution < -0.4 is 10.6 Å². The van der Waals surface area contributed by atoms with Crippen molar-refractivity contribution in [3.05, 3.63) is 29.8 Å². The maximum atomic E-state index is 11.7. The minimum atomic E-state index is -0.683. The van der Waals surface area contributed by atoms with Gasteiger partial charge in [-0.3, -0.25) is 19.7 Å². The molecule has 1 atom stereocenters. The summed E-state index contributed by atoms with van der Waals surface area (Å²) in [5.41, 5.74) is 1.03. The SMILES string of the molecule is CC(=O)c1ccc(NC(=O)C(=O)CC2NCCO2)cc1. The molecule has 0 aliphatic carbocycles. The molecule has 1 heterocycles. The first-order valence-corrected chi connectivity index (χ1v) is 6.36. The number of carbonyl (C=O) groups excluding carboxylic acids is 3. The third kappa shape index (κ3) is 3.72. The normalized spacial score (nSPS) is 17.8. The Kier molecular flexibility index (Phi) is 4.60. The number of carbonyl (C=O) groups is 3. The van der Waals surface area contributed by atoms with Gasteiger partial charge in [-0.25, -0.2) is 0 Å². The highest BCUT2D eigenvalue weighted by molar-refractivity contribution is 6.40. The van der Waals surface area contributed by atoms with Crippen LogP contribution in [0, 0.1) is 0 Å². The molecule has 1 amide bonds. The largest absolute Gasteiger partial charge is 0.362 e. The molecule has 20 heavy (non-hydrogen) atoms. The maximum Gasteiger partial charge on any atom is 0.291 e. The van der Waals surface area contributed by atoms with E-state index in [1.165, 1.54) is 6.92 Å². The Bertz CT molecular complexity index is 518. The van der Waals surface area contributed by atoms with E-state index in [0.29, 0.717) is 24.4 Å². The first-order valence-electron chi connectivity index (χ1n) is 6.36. The lowest BCUT2D eigenvalue weighted by Gasteiger charge is -2.09. The molecule has 2 N–H and O–H groups in total. The summed E-state index contributed by atoms with van der Waals surface area (Å²) >= 11 is 0. The van der Waals surface area contributed by atoms with Crippen molar-refractivity contribution in [1.29, 1.82) is 0 Å². The molecule has 0 bridgehead atoms. The van der Waals surface area contributed by atoms with Crippen LogP contribution >= 0.6 is 0 Å². The third-order valence-corrected chi connectivity index (χ3v) is 2.97. The molecule has 1 unspecified atom stereocenters. The number of nitrogens with one attached hydrogen (secondary N) is 2. The van der Waals surface area contributed by atoms with E-state index in [1.54, 1.807) is 24.3 Å². The Morgan fingerprint density at radius 1 is 1.30 bits per heavy atom. The molecule has 2 rings (SSSR count). The Hall–Kier alpha value is -2.05. The van der Waals surface area contributed by atoms with Crippen LogP contribution in [0.4, 0.5) is 5.69 Å². The zero-order valence-electron chi connectivity index (χ0n) is 11.1. The lowest BCUT2D eigenvalue weighted by molar-refractivity contribution is -0.136. The fraction of sp³-hybridized carbons (Fsp3) is 0.357. The van der Waals surface area contributed by atoms with Gasteiger partial charge >= 0.3 is 0 Å². The number of anilines is 1. The summed E-state index contributed by atoms with van der Waals surface area (Å²) in [6, 6.07) is 6.38. The van der Waals surface area contributed by atoms with Crippen LogP contribution in [0.5, 0.6) is 0 Å². The summed E-state index contributed by atoms with van der Waals surface area (Å²) in [5.74, 6) is -1.28. The van der Waals surface area contributed by atoms with Crippen molar-refractivity contribution in [3.63, 3.8) is 0 Å². The standard InChI is InChI=1S/C14H16N2O4/c1-9(17)10-2-4-11(5-3-10)16-14(19)12(18)8-13-15-6-7-20-13/h2-5,13,15H,6-8H2,1H3,(H,16,19). The van der Waals surface area contributed by atoms with Crippen molar-refractivity contribution in [3.8, 4) is 0 Å². The Labute approximate surface area is 116 Å². The highest BCUT2D eigenvalue weighted by Crippen LogP contribution is 2.11. The second kappa shape index (κ2) is 6.40. The van der Waals surface area contributed by atoms with E-state index in [2.05, 4.69) is 10.6 Å². The van der Waals surface area contributed by atoms with Gasteiger partial charge in [0.25, 0.3) is 5.91 Å². The van der Waals surface area contributed by atoms with Gasteiger partial charge in [0.2, 0.25) is 5.78 Å². The molecule has 0 radical (unpaired) electrons. The Morgan fingerprint density at radius 2 is 2.00 bits per heavy atom. The predicted octanol–water partition coefficient (Wildman–Crippen LogP) is 0.733. The monoisotopic (exact) mass is 276 g/mol. The van der Waals surface area contributed by atoms with Gasteiger partial charge in [-0.05, 0) is 31.2 Å². The van der Waals surface area contributed by atoms with Crippen LogP contribution in [0.1, 0.15) is 23.7 Å². The molecule has 6 heteroatoms. The second-order valence-electron chi connectivity index (χ2n) is 4.53. The molecule has 1 fully saturated rings. The van der Waals surface area contributed by atoms with E-state index in [-0.39, 0.29) is 18.4 Å². The van der Waals surface area contributed by atoms with Crippen molar-refractivity contribution >= 4 is 23.2 Å². The summed E-state index contributed by atoms with van der Waals surface area (Å²) in [4.78, 5) is 34.5. The molecule has 1 aromatic rings. The Morgan fingerprint density at radius 3 is 2.55 bits per heavy atom. The lowest BCUT2D eigenvalue weighted by Crippen LogP contribution is -2.31. The van der Waals surface area contributed by atoms with Gasteiger partial charge in [-0.1, -0.05) is 0 Å². The summed E-state index contributed by atoms with van der Waals surface area (Å²) in [5, 5.41) is 5.46. The fourth-order valence-corrected chi connectivity index (χ4v) is 1.86. The van der Waals surface area contributed by atoms with Crippen LogP contribution in [0.15, 0.2) is 24.3 Å². The summed E-state index contributed by atoms with van der Waals surface area (Å²) in [6.07, 6.45) is -0.370. The maximum absolute atomic E-state index is 11.7. The number of benzene rings is 1. The van der Waals surface area contributed by atoms with Crippen LogP contribution in [-0.4, -0.2) is 36.9 Å². The minimum absolute atomic E-state index is 0.0113. The van der Waals surface area contributed by atoms with Gasteiger partial charge in [-0.2, -0.15) is 0 Å². The molecule has 1 aliphatic rings. The van der Waals surface area contributed by atoms with Crippen LogP contribution in [0.25, 0.3) is 0 Å². The zero-order valence-corrected chi connectivity index (χ0v) is 11.1. The first-order chi connectivity index (χ1) is 9.56. The average molecular weight is 276 g/mol. The molecule has 6 nitrogen and oxygen atoms in total. The van der Waals surface area contributed by atoms with E-state index in [4.69, 9.17) is 4.74 Å². The van der Waals surface area contributed by atoms with E-state index in [9.17, 15) is 14.4 Å². The van der Waals surface area contributed by atoms with E-state index in [1.807, 2.05) is 0 Å². The molecule has 1 aromatic carbocycles. The smallest absolute Gasteiger partial charge is 0.291 e. The topological polar surface area (TPSA) is 84.5 Å². The lowest BCUT2D eigenvalue weighted by atomic mass is 10.1. The Balaban J connectivity index is 1.89. The van der Waals surface area contributed by atoms with Gasteiger partial charge in [0, 0.05) is 17.8 Å². The molecule has 1 saturated heterocycles. The van der Waals surface area contributed by atoms with Crippen LogP contribution in [-0.2, 0) is 14.3 Å². The molecule has 0 aromatic heterocycles. The third-order valence-electron chi connectivity index (χ3n) is 2.97. The molecule has 106 valence electrons. The molecule has 1 aliphatic heterocycles. The highest BCUT2D eigenvalue weighted by Gasteiger charge is 2.22. The van der Waals surface area contributed by atoms with Gasteiger partial charge in [0.1, 0.15) is 6.23 Å². The molecular weight excluding hydrogens is 260 g/mol. The fourth-order valence-electron chi connectivity index (χ4n) is 1.86.